The maximum atomic E-state index is 11.9. The molecule has 1 aliphatic rings. The van der Waals surface area contributed by atoms with Gasteiger partial charge in [0, 0.05) is 5.69 Å². The van der Waals surface area contributed by atoms with Crippen molar-refractivity contribution in [3.8, 4) is 0 Å². The second kappa shape index (κ2) is 6.29. The molecule has 0 bridgehead atoms. The topological polar surface area (TPSA) is 38.3 Å². The van der Waals surface area contributed by atoms with Crippen LogP contribution in [0.1, 0.15) is 40.0 Å². The highest BCUT2D eigenvalue weighted by atomic mass is 16.5. The number of hydrogen-bond acceptors (Lipinski definition) is 3. The lowest BCUT2D eigenvalue weighted by Gasteiger charge is -2.38. The van der Waals surface area contributed by atoms with Gasteiger partial charge >= 0.3 is 5.97 Å². The number of ether oxygens (including phenoxy) is 1. The molecular weight excluding hydrogens is 250 g/mol. The maximum Gasteiger partial charge on any atom is 0.325 e. The summed E-state index contributed by atoms with van der Waals surface area (Å²) in [6.07, 6.45) is 3.23. The van der Waals surface area contributed by atoms with Gasteiger partial charge in [0.25, 0.3) is 0 Å². The Kier molecular flexibility index (Phi) is 4.69. The number of anilines is 1. The lowest BCUT2D eigenvalue weighted by atomic mass is 9.71. The zero-order valence-electron chi connectivity index (χ0n) is 12.7. The molecule has 20 heavy (non-hydrogen) atoms. The average Bonchev–Trinajstić information content (AvgIpc) is 2.35. The van der Waals surface area contributed by atoms with Crippen molar-refractivity contribution >= 4 is 11.7 Å². The summed E-state index contributed by atoms with van der Waals surface area (Å²) < 4.78 is 5.62. The van der Waals surface area contributed by atoms with Crippen LogP contribution in [0.4, 0.5) is 5.69 Å². The molecule has 0 saturated heterocycles. The highest BCUT2D eigenvalue weighted by molar-refractivity contribution is 5.75. The average molecular weight is 275 g/mol. The number of carbonyl (C=O) groups is 1. The molecular formula is C17H25NO2. The first-order chi connectivity index (χ1) is 9.44. The monoisotopic (exact) mass is 275 g/mol. The van der Waals surface area contributed by atoms with Gasteiger partial charge in [-0.05, 0) is 42.7 Å². The standard InChI is InChI=1S/C17H25NO2/c1-13-9-15(11-17(2,3)10-13)20-16(19)12-18-14-7-5-4-6-8-14/h4-8,13,15,18H,9-12H2,1-3H3. The van der Waals surface area contributed by atoms with Gasteiger partial charge in [-0.25, -0.2) is 0 Å². The Morgan fingerprint density at radius 3 is 2.65 bits per heavy atom. The Morgan fingerprint density at radius 2 is 2.00 bits per heavy atom. The van der Waals surface area contributed by atoms with Gasteiger partial charge in [0.2, 0.25) is 0 Å². The van der Waals surface area contributed by atoms with E-state index in [1.807, 2.05) is 30.3 Å². The molecule has 1 N–H and O–H groups in total. The summed E-state index contributed by atoms with van der Waals surface area (Å²) in [6, 6.07) is 9.73. The predicted molar refractivity (Wildman–Crippen MR) is 81.6 cm³/mol. The lowest BCUT2D eigenvalue weighted by Crippen LogP contribution is -2.35. The van der Waals surface area contributed by atoms with Gasteiger partial charge < -0.3 is 10.1 Å². The quantitative estimate of drug-likeness (QED) is 0.848. The van der Waals surface area contributed by atoms with Crippen molar-refractivity contribution in [2.45, 2.75) is 46.1 Å². The Hall–Kier alpha value is -1.51. The molecule has 2 atom stereocenters. The van der Waals surface area contributed by atoms with Gasteiger partial charge in [-0.1, -0.05) is 39.0 Å². The highest BCUT2D eigenvalue weighted by Gasteiger charge is 2.33. The summed E-state index contributed by atoms with van der Waals surface area (Å²) >= 11 is 0. The molecule has 2 rings (SSSR count). The van der Waals surface area contributed by atoms with Gasteiger partial charge in [-0.2, -0.15) is 0 Å². The molecule has 1 saturated carbocycles. The van der Waals surface area contributed by atoms with Gasteiger partial charge in [0.1, 0.15) is 12.6 Å². The highest BCUT2D eigenvalue weighted by Crippen LogP contribution is 2.39. The van der Waals surface area contributed by atoms with Crippen LogP contribution >= 0.6 is 0 Å². The van der Waals surface area contributed by atoms with Crippen LogP contribution in [0.25, 0.3) is 0 Å². The largest absolute Gasteiger partial charge is 0.461 e. The Bertz CT molecular complexity index is 442. The molecule has 0 spiro atoms. The molecule has 110 valence electrons. The number of nitrogens with one attached hydrogen (secondary N) is 1. The van der Waals surface area contributed by atoms with E-state index >= 15 is 0 Å². The van der Waals surface area contributed by atoms with Crippen molar-refractivity contribution in [3.05, 3.63) is 30.3 Å². The molecule has 0 amide bonds. The third-order valence-electron chi connectivity index (χ3n) is 3.86. The molecule has 1 fully saturated rings. The summed E-state index contributed by atoms with van der Waals surface area (Å²) in [5.74, 6) is 0.461. The van der Waals surface area contributed by atoms with Crippen LogP contribution in [0.3, 0.4) is 0 Å². The third kappa shape index (κ3) is 4.55. The van der Waals surface area contributed by atoms with E-state index in [0.29, 0.717) is 5.92 Å². The van der Waals surface area contributed by atoms with Gasteiger partial charge in [0.05, 0.1) is 0 Å². The predicted octanol–water partition coefficient (Wildman–Crippen LogP) is 3.86. The second-order valence-corrected chi connectivity index (χ2v) is 6.74. The van der Waals surface area contributed by atoms with E-state index in [1.165, 1.54) is 6.42 Å². The molecule has 1 aliphatic carbocycles. The van der Waals surface area contributed by atoms with Crippen LogP contribution in [-0.4, -0.2) is 18.6 Å². The number of para-hydroxylation sites is 1. The van der Waals surface area contributed by atoms with Crippen molar-refractivity contribution in [1.29, 1.82) is 0 Å². The Labute approximate surface area is 121 Å². The minimum Gasteiger partial charge on any atom is -0.461 e. The molecule has 3 nitrogen and oxygen atoms in total. The summed E-state index contributed by atoms with van der Waals surface area (Å²) in [5, 5.41) is 3.09. The van der Waals surface area contributed by atoms with E-state index in [9.17, 15) is 4.79 Å². The van der Waals surface area contributed by atoms with E-state index in [0.717, 1.165) is 18.5 Å². The van der Waals surface area contributed by atoms with Crippen molar-refractivity contribution in [2.24, 2.45) is 11.3 Å². The van der Waals surface area contributed by atoms with E-state index in [-0.39, 0.29) is 24.0 Å². The molecule has 3 heteroatoms. The van der Waals surface area contributed by atoms with Gasteiger partial charge in [0.15, 0.2) is 0 Å². The van der Waals surface area contributed by atoms with Crippen molar-refractivity contribution in [3.63, 3.8) is 0 Å². The minimum absolute atomic E-state index is 0.0684. The van der Waals surface area contributed by atoms with Gasteiger partial charge in [-0.3, -0.25) is 4.79 Å². The zero-order chi connectivity index (χ0) is 14.6. The van der Waals surface area contributed by atoms with Crippen LogP contribution in [0, 0.1) is 11.3 Å². The SMILES string of the molecule is CC1CC(OC(=O)CNc2ccccc2)CC(C)(C)C1. The normalized spacial score (nSPS) is 24.9. The maximum absolute atomic E-state index is 11.9. The minimum atomic E-state index is -0.163. The number of rotatable bonds is 4. The van der Waals surface area contributed by atoms with Crippen molar-refractivity contribution in [1.82, 2.24) is 0 Å². The number of carbonyl (C=O) groups excluding carboxylic acids is 1. The van der Waals surface area contributed by atoms with Crippen LogP contribution in [0.15, 0.2) is 30.3 Å². The molecule has 1 aromatic rings. The Balaban J connectivity index is 1.79. The summed E-state index contributed by atoms with van der Waals surface area (Å²) in [6.45, 7) is 6.98. The first kappa shape index (κ1) is 14.9. The van der Waals surface area contributed by atoms with E-state index in [4.69, 9.17) is 4.74 Å². The second-order valence-electron chi connectivity index (χ2n) is 6.74. The van der Waals surface area contributed by atoms with Crippen LogP contribution in [0.5, 0.6) is 0 Å². The fourth-order valence-electron chi connectivity index (χ4n) is 3.31. The zero-order valence-corrected chi connectivity index (χ0v) is 12.7. The number of benzene rings is 1. The third-order valence-corrected chi connectivity index (χ3v) is 3.86. The van der Waals surface area contributed by atoms with Crippen LogP contribution in [0.2, 0.25) is 0 Å². The first-order valence-electron chi connectivity index (χ1n) is 7.43. The first-order valence-corrected chi connectivity index (χ1v) is 7.43. The fraction of sp³-hybridized carbons (Fsp3) is 0.588. The van der Waals surface area contributed by atoms with Crippen LogP contribution in [-0.2, 0) is 9.53 Å². The summed E-state index contributed by atoms with van der Waals surface area (Å²) in [5.41, 5.74) is 1.22. The molecule has 0 aromatic heterocycles. The molecule has 1 aromatic carbocycles. The number of esters is 1. The molecule has 0 heterocycles. The molecule has 0 aliphatic heterocycles. The van der Waals surface area contributed by atoms with E-state index in [1.54, 1.807) is 0 Å². The van der Waals surface area contributed by atoms with Crippen molar-refractivity contribution in [2.75, 3.05) is 11.9 Å². The van der Waals surface area contributed by atoms with E-state index in [2.05, 4.69) is 26.1 Å². The van der Waals surface area contributed by atoms with E-state index < -0.39 is 0 Å². The smallest absolute Gasteiger partial charge is 0.325 e. The summed E-state index contributed by atoms with van der Waals surface area (Å²) in [4.78, 5) is 11.9. The van der Waals surface area contributed by atoms with Crippen LogP contribution < -0.4 is 5.32 Å². The number of hydrogen-bond donors (Lipinski definition) is 1. The lowest BCUT2D eigenvalue weighted by molar-refractivity contribution is -0.151. The molecule has 2 unspecified atom stereocenters. The molecule has 0 radical (unpaired) electrons. The summed E-state index contributed by atoms with van der Waals surface area (Å²) in [7, 11) is 0. The van der Waals surface area contributed by atoms with Gasteiger partial charge in [-0.15, -0.1) is 0 Å². The fourth-order valence-corrected chi connectivity index (χ4v) is 3.31. The van der Waals surface area contributed by atoms with Crippen molar-refractivity contribution < 1.29 is 9.53 Å². The Morgan fingerprint density at radius 1 is 1.30 bits per heavy atom.